The predicted octanol–water partition coefficient (Wildman–Crippen LogP) is 8.25. The second-order valence-electron chi connectivity index (χ2n) is 7.83. The topological polar surface area (TPSA) is 20.2 Å². The fraction of sp³-hybridized carbons (Fsp3) is 1.00. The van der Waals surface area contributed by atoms with Crippen molar-refractivity contribution in [3.05, 3.63) is 0 Å². The third-order valence-electron chi connectivity index (χ3n) is 5.02. The first kappa shape index (κ1) is 32.9. The summed E-state index contributed by atoms with van der Waals surface area (Å²) < 4.78 is 191. The molecule has 1 unspecified atom stereocenters. The van der Waals surface area contributed by atoms with Crippen LogP contribution in [0.3, 0.4) is 0 Å². The zero-order valence-electron chi connectivity index (χ0n) is 17.3. The second-order valence-corrected chi connectivity index (χ2v) is 7.83. The van der Waals surface area contributed by atoms with Gasteiger partial charge in [-0.1, -0.05) is 25.7 Å². The molecule has 16 heteroatoms. The quantitative estimate of drug-likeness (QED) is 0.154. The number of rotatable bonds is 16. The van der Waals surface area contributed by atoms with Crippen molar-refractivity contribution in [2.24, 2.45) is 0 Å². The number of aliphatic hydroxyl groups excluding tert-OH is 1. The first-order chi connectivity index (χ1) is 15.0. The van der Waals surface area contributed by atoms with E-state index in [0.717, 1.165) is 0 Å². The minimum Gasteiger partial charge on any atom is -0.393 e. The monoisotopic (exact) mass is 540 g/mol. The van der Waals surface area contributed by atoms with Gasteiger partial charge in [0, 0.05) is 12.8 Å². The number of aliphatic hydroxyl groups is 1. The minimum atomic E-state index is -7.07. The number of halogens is 15. The lowest BCUT2D eigenvalue weighted by Gasteiger charge is -2.36. The van der Waals surface area contributed by atoms with Crippen molar-refractivity contribution in [3.63, 3.8) is 0 Å². The van der Waals surface area contributed by atoms with Gasteiger partial charge in [0.25, 0.3) is 0 Å². The molecule has 1 atom stereocenters. The Kier molecular flexibility index (Phi) is 11.4. The van der Waals surface area contributed by atoms with Gasteiger partial charge in [-0.25, -0.2) is 8.78 Å². The molecule has 0 saturated carbocycles. The SMILES string of the molecule is OC(CCCCCCCC(F)(F)C(F)(F)F)CCCC(F)(F)C(F)(F)C(F)(F)C(F)(F)C(F)F. The molecule has 0 fully saturated rings. The van der Waals surface area contributed by atoms with Gasteiger partial charge in [-0.15, -0.1) is 0 Å². The maximum Gasteiger partial charge on any atom is 0.453 e. The Morgan fingerprint density at radius 3 is 1.38 bits per heavy atom. The molecule has 0 bridgehead atoms. The Morgan fingerprint density at radius 2 is 0.912 bits per heavy atom. The highest BCUT2D eigenvalue weighted by atomic mass is 19.4. The first-order valence-corrected chi connectivity index (χ1v) is 9.96. The van der Waals surface area contributed by atoms with E-state index in [1.54, 1.807) is 0 Å². The van der Waals surface area contributed by atoms with Gasteiger partial charge in [0.2, 0.25) is 0 Å². The molecule has 0 aliphatic carbocycles. The number of unbranched alkanes of at least 4 members (excludes halogenated alkanes) is 4. The molecule has 0 radical (unpaired) electrons. The van der Waals surface area contributed by atoms with Gasteiger partial charge < -0.3 is 5.11 Å². The van der Waals surface area contributed by atoms with E-state index in [0.29, 0.717) is 0 Å². The van der Waals surface area contributed by atoms with Gasteiger partial charge in [-0.05, 0) is 25.7 Å². The van der Waals surface area contributed by atoms with E-state index in [-0.39, 0.29) is 32.1 Å². The second kappa shape index (κ2) is 11.8. The van der Waals surface area contributed by atoms with Crippen LogP contribution in [0, 0.1) is 0 Å². The molecule has 0 aromatic heterocycles. The summed E-state index contributed by atoms with van der Waals surface area (Å²) in [7, 11) is 0. The summed E-state index contributed by atoms with van der Waals surface area (Å²) in [6.45, 7) is 0. The normalized spacial score (nSPS) is 15.8. The average molecular weight is 540 g/mol. The maximum absolute atomic E-state index is 13.5. The highest BCUT2D eigenvalue weighted by molar-refractivity contribution is 5.04. The molecule has 1 N–H and O–H groups in total. The molecular formula is C18H23F15O. The Bertz CT molecular complexity index is 601. The zero-order chi connectivity index (χ0) is 27.2. The summed E-state index contributed by atoms with van der Waals surface area (Å²) in [6.07, 6.45) is -17.8. The first-order valence-electron chi connectivity index (χ1n) is 9.96. The van der Waals surface area contributed by atoms with Gasteiger partial charge in [0.1, 0.15) is 0 Å². The van der Waals surface area contributed by atoms with Gasteiger partial charge in [0.05, 0.1) is 6.10 Å². The fourth-order valence-corrected chi connectivity index (χ4v) is 2.84. The molecule has 0 aliphatic heterocycles. The third kappa shape index (κ3) is 7.97. The van der Waals surface area contributed by atoms with Crippen molar-refractivity contribution in [1.82, 2.24) is 0 Å². The Hall–Kier alpha value is -1.09. The van der Waals surface area contributed by atoms with Crippen LogP contribution in [0.4, 0.5) is 65.9 Å². The molecule has 0 saturated heterocycles. The fourth-order valence-electron chi connectivity index (χ4n) is 2.84. The van der Waals surface area contributed by atoms with Crippen molar-refractivity contribution in [2.45, 2.75) is 113 Å². The molecule has 0 spiro atoms. The van der Waals surface area contributed by atoms with Crippen LogP contribution in [0.5, 0.6) is 0 Å². The van der Waals surface area contributed by atoms with E-state index in [1.807, 2.05) is 0 Å². The Balaban J connectivity index is 4.42. The molecule has 0 rings (SSSR count). The Morgan fingerprint density at radius 1 is 0.500 bits per heavy atom. The molecule has 0 aromatic carbocycles. The molecule has 1 nitrogen and oxygen atoms in total. The van der Waals surface area contributed by atoms with Crippen LogP contribution in [-0.2, 0) is 0 Å². The van der Waals surface area contributed by atoms with Gasteiger partial charge in [-0.2, -0.15) is 57.1 Å². The van der Waals surface area contributed by atoms with Crippen molar-refractivity contribution in [2.75, 3.05) is 0 Å². The van der Waals surface area contributed by atoms with Crippen LogP contribution in [0.25, 0.3) is 0 Å². The van der Waals surface area contributed by atoms with Crippen LogP contribution in [-0.4, -0.2) is 53.4 Å². The van der Waals surface area contributed by atoms with E-state index in [2.05, 4.69) is 0 Å². The summed E-state index contributed by atoms with van der Waals surface area (Å²) in [5.74, 6) is -31.3. The number of alkyl halides is 15. The molecular weight excluding hydrogens is 517 g/mol. The van der Waals surface area contributed by atoms with Crippen LogP contribution < -0.4 is 0 Å². The molecule has 0 heterocycles. The van der Waals surface area contributed by atoms with Gasteiger partial charge in [-0.3, -0.25) is 0 Å². The van der Waals surface area contributed by atoms with Crippen molar-refractivity contribution < 1.29 is 71.0 Å². The number of hydrogen-bond donors (Lipinski definition) is 1. The lowest BCUT2D eigenvalue weighted by Crippen LogP contribution is -2.64. The maximum atomic E-state index is 13.5. The lowest BCUT2D eigenvalue weighted by atomic mass is 9.94. The summed E-state index contributed by atoms with van der Waals surface area (Å²) in [5.41, 5.74) is 0. The molecule has 34 heavy (non-hydrogen) atoms. The molecule has 0 amide bonds. The predicted molar refractivity (Wildman–Crippen MR) is 89.0 cm³/mol. The van der Waals surface area contributed by atoms with Gasteiger partial charge >= 0.3 is 42.2 Å². The molecule has 0 aliphatic rings. The average Bonchev–Trinajstić information content (AvgIpc) is 2.65. The standard InChI is InChI=1S/C18H23F15O/c19-12(20)15(25,26)17(29,30)16(27,28)13(21,22)10-6-8-11(34)7-4-2-1-3-5-9-14(23,24)18(31,32)33/h11-12,34H,1-10H2. The van der Waals surface area contributed by atoms with Crippen LogP contribution in [0.1, 0.15) is 64.2 Å². The Labute approximate surface area is 184 Å². The van der Waals surface area contributed by atoms with Crippen LogP contribution in [0.15, 0.2) is 0 Å². The van der Waals surface area contributed by atoms with E-state index in [1.165, 1.54) is 0 Å². The molecule has 0 aromatic rings. The zero-order valence-corrected chi connectivity index (χ0v) is 17.3. The van der Waals surface area contributed by atoms with Crippen LogP contribution in [0.2, 0.25) is 0 Å². The van der Waals surface area contributed by atoms with Crippen molar-refractivity contribution in [3.8, 4) is 0 Å². The van der Waals surface area contributed by atoms with E-state index in [9.17, 15) is 71.0 Å². The minimum absolute atomic E-state index is 0.0134. The summed E-state index contributed by atoms with van der Waals surface area (Å²) in [5, 5.41) is 9.59. The van der Waals surface area contributed by atoms with E-state index < -0.39 is 80.4 Å². The highest BCUT2D eigenvalue weighted by Crippen LogP contribution is 2.55. The van der Waals surface area contributed by atoms with Gasteiger partial charge in [0.15, 0.2) is 0 Å². The molecule has 206 valence electrons. The van der Waals surface area contributed by atoms with E-state index in [4.69, 9.17) is 0 Å². The smallest absolute Gasteiger partial charge is 0.393 e. The van der Waals surface area contributed by atoms with Crippen molar-refractivity contribution in [1.29, 1.82) is 0 Å². The third-order valence-corrected chi connectivity index (χ3v) is 5.02. The lowest BCUT2D eigenvalue weighted by molar-refractivity contribution is -0.384. The summed E-state index contributed by atoms with van der Waals surface area (Å²) in [6, 6.07) is 0. The van der Waals surface area contributed by atoms with Crippen LogP contribution >= 0.6 is 0 Å². The highest BCUT2D eigenvalue weighted by Gasteiger charge is 2.82. The summed E-state index contributed by atoms with van der Waals surface area (Å²) in [4.78, 5) is 0. The summed E-state index contributed by atoms with van der Waals surface area (Å²) >= 11 is 0. The largest absolute Gasteiger partial charge is 0.453 e. The van der Waals surface area contributed by atoms with E-state index >= 15 is 0 Å². The number of hydrogen-bond acceptors (Lipinski definition) is 1. The van der Waals surface area contributed by atoms with Crippen molar-refractivity contribution >= 4 is 0 Å².